The summed E-state index contributed by atoms with van der Waals surface area (Å²) in [4.78, 5) is 4.08. The molecular formula is C38H35BS. The van der Waals surface area contributed by atoms with Crippen LogP contribution in [-0.4, -0.2) is 6.15 Å². The van der Waals surface area contributed by atoms with E-state index in [4.69, 9.17) is 0 Å². The Bertz CT molecular complexity index is 1350. The molecule has 0 aliphatic rings. The van der Waals surface area contributed by atoms with E-state index in [9.17, 15) is 0 Å². The van der Waals surface area contributed by atoms with Crippen molar-refractivity contribution in [3.05, 3.63) is 182 Å². The van der Waals surface area contributed by atoms with E-state index < -0.39 is 6.15 Å². The summed E-state index contributed by atoms with van der Waals surface area (Å²) in [5.41, 5.74) is 4.24. The molecule has 6 aromatic rings. The molecule has 0 amide bonds. The second kappa shape index (κ2) is 13.7. The highest BCUT2D eigenvalue weighted by atomic mass is 32.2. The summed E-state index contributed by atoms with van der Waals surface area (Å²) in [6.45, 7) is 2.30. The zero-order valence-electron chi connectivity index (χ0n) is 23.0. The van der Waals surface area contributed by atoms with E-state index in [0.29, 0.717) is 0 Å². The molecule has 0 saturated heterocycles. The van der Waals surface area contributed by atoms with Gasteiger partial charge in [0.25, 0.3) is 0 Å². The normalized spacial score (nSPS) is 10.9. The van der Waals surface area contributed by atoms with Crippen LogP contribution in [0.25, 0.3) is 0 Å². The Labute approximate surface area is 242 Å². The average molecular weight is 535 g/mol. The minimum absolute atomic E-state index is 0.0146. The molecule has 0 radical (unpaired) electrons. The second-order valence-electron chi connectivity index (χ2n) is 9.93. The third-order valence-electron chi connectivity index (χ3n) is 7.65. The van der Waals surface area contributed by atoms with Gasteiger partial charge in [0.15, 0.2) is 14.7 Å². The van der Waals surface area contributed by atoms with E-state index in [-0.39, 0.29) is 10.9 Å². The lowest BCUT2D eigenvalue weighted by Crippen LogP contribution is -2.66. The largest absolute Gasteiger partial charge is 0.200 e. The summed E-state index contributed by atoms with van der Waals surface area (Å²) in [6.07, 6.45) is 0.197. The van der Waals surface area contributed by atoms with Gasteiger partial charge in [-0.15, -0.1) is 0 Å². The van der Waals surface area contributed by atoms with Crippen molar-refractivity contribution in [2.75, 3.05) is 0 Å². The SMILES string of the molecule is CC[B-](c1ccccc1)(c1ccccc1)c1ccccc1.c1ccc([S+](c2ccccc2)c2ccccc2)cc1. The highest BCUT2D eigenvalue weighted by Crippen LogP contribution is 2.30. The summed E-state index contributed by atoms with van der Waals surface area (Å²) in [6, 6.07) is 64.9. The first-order chi connectivity index (χ1) is 19.8. The molecule has 2 heteroatoms. The molecule has 0 saturated carbocycles. The average Bonchev–Trinajstić information content (AvgIpc) is 3.05. The molecule has 0 heterocycles. The van der Waals surface area contributed by atoms with Crippen molar-refractivity contribution < 1.29 is 0 Å². The molecule has 6 aromatic carbocycles. The van der Waals surface area contributed by atoms with E-state index in [1.165, 1.54) is 31.1 Å². The predicted octanol–water partition coefficient (Wildman–Crippen LogP) is 7.96. The molecule has 0 aromatic heterocycles. The summed E-state index contributed by atoms with van der Waals surface area (Å²) in [5.74, 6) is 0. The summed E-state index contributed by atoms with van der Waals surface area (Å²) < 4.78 is 0. The fourth-order valence-electron chi connectivity index (χ4n) is 5.71. The van der Waals surface area contributed by atoms with Gasteiger partial charge in [-0.05, 0) is 36.4 Å². The third kappa shape index (κ3) is 6.14. The smallest absolute Gasteiger partial charge is 0.166 e. The Morgan fingerprint density at radius 1 is 0.350 bits per heavy atom. The quantitative estimate of drug-likeness (QED) is 0.144. The number of rotatable bonds is 7. The number of hydrogen-bond donors (Lipinski definition) is 0. The van der Waals surface area contributed by atoms with Crippen LogP contribution in [-0.2, 0) is 10.9 Å². The first-order valence-corrected chi connectivity index (χ1v) is 15.3. The maximum atomic E-state index is 2.30. The summed E-state index contributed by atoms with van der Waals surface area (Å²) in [5, 5.41) is 0. The highest BCUT2D eigenvalue weighted by Gasteiger charge is 2.28. The minimum atomic E-state index is -0.898. The molecule has 0 spiro atoms. The molecule has 0 aliphatic heterocycles. The molecule has 0 unspecified atom stereocenters. The molecule has 0 nitrogen and oxygen atoms in total. The van der Waals surface area contributed by atoms with Crippen LogP contribution in [0.15, 0.2) is 197 Å². The lowest BCUT2D eigenvalue weighted by atomic mass is 9.14. The van der Waals surface area contributed by atoms with Crippen molar-refractivity contribution in [1.82, 2.24) is 0 Å². The number of hydrogen-bond acceptors (Lipinski definition) is 0. The van der Waals surface area contributed by atoms with E-state index in [2.05, 4.69) is 189 Å². The maximum Gasteiger partial charge on any atom is 0.166 e. The van der Waals surface area contributed by atoms with Gasteiger partial charge in [-0.2, -0.15) is 22.7 Å². The molecule has 40 heavy (non-hydrogen) atoms. The fourth-order valence-corrected chi connectivity index (χ4v) is 7.81. The van der Waals surface area contributed by atoms with Crippen LogP contribution in [0.2, 0.25) is 6.32 Å². The lowest BCUT2D eigenvalue weighted by Gasteiger charge is -2.42. The molecule has 0 aliphatic carbocycles. The first kappa shape index (κ1) is 27.3. The Morgan fingerprint density at radius 3 is 0.800 bits per heavy atom. The molecular weight excluding hydrogens is 499 g/mol. The van der Waals surface area contributed by atoms with Gasteiger partial charge in [0.1, 0.15) is 0 Å². The van der Waals surface area contributed by atoms with Crippen molar-refractivity contribution in [1.29, 1.82) is 0 Å². The van der Waals surface area contributed by atoms with Crippen LogP contribution in [0.1, 0.15) is 6.92 Å². The number of benzene rings is 6. The molecule has 0 fully saturated rings. The lowest BCUT2D eigenvalue weighted by molar-refractivity contribution is 1.32. The monoisotopic (exact) mass is 534 g/mol. The van der Waals surface area contributed by atoms with E-state index in [1.54, 1.807) is 0 Å². The Kier molecular flexibility index (Phi) is 9.35. The molecule has 6 rings (SSSR count). The van der Waals surface area contributed by atoms with Crippen molar-refractivity contribution >= 4 is 33.4 Å². The van der Waals surface area contributed by atoms with Crippen LogP contribution in [0.5, 0.6) is 0 Å². The van der Waals surface area contributed by atoms with Gasteiger partial charge >= 0.3 is 0 Å². The van der Waals surface area contributed by atoms with Gasteiger partial charge in [0, 0.05) is 0 Å². The van der Waals surface area contributed by atoms with Crippen LogP contribution in [0.3, 0.4) is 0 Å². The van der Waals surface area contributed by atoms with Gasteiger partial charge < -0.3 is 0 Å². The van der Waals surface area contributed by atoms with Gasteiger partial charge in [-0.1, -0.05) is 153 Å². The van der Waals surface area contributed by atoms with Gasteiger partial charge in [-0.3, -0.25) is 0 Å². The highest BCUT2D eigenvalue weighted by molar-refractivity contribution is 7.97. The Morgan fingerprint density at radius 2 is 0.575 bits per heavy atom. The zero-order valence-corrected chi connectivity index (χ0v) is 23.8. The molecule has 0 N–H and O–H groups in total. The van der Waals surface area contributed by atoms with Gasteiger partial charge in [-0.25, -0.2) is 0 Å². The fraction of sp³-hybridized carbons (Fsp3) is 0.0526. The van der Waals surface area contributed by atoms with Crippen LogP contribution in [0.4, 0.5) is 0 Å². The van der Waals surface area contributed by atoms with Crippen molar-refractivity contribution in [2.24, 2.45) is 0 Å². The summed E-state index contributed by atoms with van der Waals surface area (Å²) >= 11 is 0. The second-order valence-corrected chi connectivity index (χ2v) is 12.0. The molecule has 196 valence electrons. The first-order valence-electron chi connectivity index (χ1n) is 14.1. The zero-order chi connectivity index (χ0) is 27.5. The molecule has 0 bridgehead atoms. The van der Waals surface area contributed by atoms with Crippen LogP contribution in [0, 0.1) is 0 Å². The third-order valence-corrected chi connectivity index (χ3v) is 9.89. The van der Waals surface area contributed by atoms with Crippen LogP contribution >= 0.6 is 0 Å². The van der Waals surface area contributed by atoms with E-state index in [1.807, 2.05) is 0 Å². The summed E-state index contributed by atoms with van der Waals surface area (Å²) in [7, 11) is -0.0146. The van der Waals surface area contributed by atoms with Crippen molar-refractivity contribution in [2.45, 2.75) is 27.9 Å². The topological polar surface area (TPSA) is 0 Å². The van der Waals surface area contributed by atoms with Crippen molar-refractivity contribution in [3.8, 4) is 0 Å². The Balaban J connectivity index is 0.000000162. The maximum absolute atomic E-state index is 2.30. The standard InChI is InChI=1S/C20H20B.C18H15S/c1-2-21(18-12-6-3-7-13-18,19-14-8-4-9-15-19)20-16-10-5-11-17-20;1-4-10-16(11-5-1)19(17-12-6-2-7-13-17)18-14-8-3-9-15-18/h3-17H,2H2,1H3;1-15H/q-1;+1. The van der Waals surface area contributed by atoms with Crippen LogP contribution < -0.4 is 16.4 Å². The van der Waals surface area contributed by atoms with Crippen molar-refractivity contribution in [3.63, 3.8) is 0 Å². The predicted molar refractivity (Wildman–Crippen MR) is 176 cm³/mol. The van der Waals surface area contributed by atoms with Gasteiger partial charge in [0.2, 0.25) is 0 Å². The minimum Gasteiger partial charge on any atom is -0.200 e. The van der Waals surface area contributed by atoms with E-state index >= 15 is 0 Å². The molecule has 0 atom stereocenters. The van der Waals surface area contributed by atoms with Gasteiger partial charge in [0.05, 0.1) is 17.0 Å². The Hall–Kier alpha value is -4.27. The van der Waals surface area contributed by atoms with E-state index in [0.717, 1.165) is 6.32 Å².